The molecule has 2 N–H and O–H groups in total. The number of carbonyl (C=O) groups is 3. The van der Waals surface area contributed by atoms with Gasteiger partial charge in [0.1, 0.15) is 19.3 Å². The van der Waals surface area contributed by atoms with Crippen molar-refractivity contribution in [2.24, 2.45) is 0 Å². The lowest BCUT2D eigenvalue weighted by molar-refractivity contribution is -0.164. The third-order valence-electron chi connectivity index (χ3n) is 4.98. The summed E-state index contributed by atoms with van der Waals surface area (Å²) in [5, 5.41) is 12.7. The van der Waals surface area contributed by atoms with E-state index < -0.39 is 12.1 Å². The molecule has 0 saturated carbocycles. The molecule has 1 fully saturated rings. The van der Waals surface area contributed by atoms with Gasteiger partial charge in [0, 0.05) is 25.3 Å². The maximum absolute atomic E-state index is 12.3. The molecule has 2 unspecified atom stereocenters. The predicted octanol–water partition coefficient (Wildman–Crippen LogP) is 1.29. The average Bonchev–Trinajstić information content (AvgIpc) is 2.76. The molecule has 8 heteroatoms. The van der Waals surface area contributed by atoms with Gasteiger partial charge in [-0.3, -0.25) is 14.4 Å². The Labute approximate surface area is 175 Å². The zero-order chi connectivity index (χ0) is 21.7. The summed E-state index contributed by atoms with van der Waals surface area (Å²) in [5.41, 5.74) is 1.90. The van der Waals surface area contributed by atoms with E-state index in [0.29, 0.717) is 11.3 Å². The first-order valence-electron chi connectivity index (χ1n) is 9.59. The lowest BCUT2D eigenvalue weighted by atomic mass is 9.99. The topological polar surface area (TPSA) is 99.2 Å². The third kappa shape index (κ3) is 4.84. The molecule has 0 aliphatic carbocycles. The molecule has 3 amide bonds. The first-order chi connectivity index (χ1) is 14.4. The molecule has 0 aromatic heterocycles. The van der Waals surface area contributed by atoms with E-state index >= 15 is 0 Å². The number of hydrogen-bond acceptors (Lipinski definition) is 5. The summed E-state index contributed by atoms with van der Waals surface area (Å²) in [6.45, 7) is -0.639. The van der Waals surface area contributed by atoms with Crippen LogP contribution in [0.4, 0.5) is 5.69 Å². The highest BCUT2D eigenvalue weighted by Gasteiger charge is 2.38. The van der Waals surface area contributed by atoms with Gasteiger partial charge in [0.25, 0.3) is 5.91 Å². The molecule has 2 aromatic rings. The van der Waals surface area contributed by atoms with Crippen molar-refractivity contribution in [3.8, 4) is 0 Å². The molecule has 1 saturated heterocycles. The molecule has 2 atom stereocenters. The van der Waals surface area contributed by atoms with Crippen LogP contribution in [-0.4, -0.2) is 72.5 Å². The summed E-state index contributed by atoms with van der Waals surface area (Å²) in [6, 6.07) is 15.2. The van der Waals surface area contributed by atoms with Crippen LogP contribution in [0.5, 0.6) is 0 Å². The van der Waals surface area contributed by atoms with Gasteiger partial charge in [0.15, 0.2) is 0 Å². The number of rotatable bonds is 6. The minimum atomic E-state index is -0.681. The summed E-state index contributed by atoms with van der Waals surface area (Å²) in [6.07, 6.45) is -0.582. The van der Waals surface area contributed by atoms with E-state index in [1.807, 2.05) is 6.07 Å². The van der Waals surface area contributed by atoms with Crippen LogP contribution in [0.3, 0.4) is 0 Å². The lowest BCUT2D eigenvalue weighted by Crippen LogP contribution is -2.55. The summed E-state index contributed by atoms with van der Waals surface area (Å²) in [7, 11) is 3.22. The van der Waals surface area contributed by atoms with Gasteiger partial charge in [-0.25, -0.2) is 0 Å². The summed E-state index contributed by atoms with van der Waals surface area (Å²) in [5.74, 6) is -0.793. The van der Waals surface area contributed by atoms with Crippen LogP contribution in [0.25, 0.3) is 0 Å². The Bertz CT molecular complexity index is 899. The number of nitrogens with one attached hydrogen (secondary N) is 1. The zero-order valence-electron chi connectivity index (χ0n) is 16.9. The summed E-state index contributed by atoms with van der Waals surface area (Å²) >= 11 is 0. The van der Waals surface area contributed by atoms with Crippen LogP contribution in [0.1, 0.15) is 22.0 Å². The molecule has 8 nitrogen and oxygen atoms in total. The number of morpholine rings is 1. The lowest BCUT2D eigenvalue weighted by Gasteiger charge is -2.40. The van der Waals surface area contributed by atoms with Crippen molar-refractivity contribution in [1.29, 1.82) is 0 Å². The average molecular weight is 411 g/mol. The zero-order valence-corrected chi connectivity index (χ0v) is 16.9. The highest BCUT2D eigenvalue weighted by Crippen LogP contribution is 2.30. The molecule has 158 valence electrons. The first-order valence-corrected chi connectivity index (χ1v) is 9.59. The molecular weight excluding hydrogens is 386 g/mol. The van der Waals surface area contributed by atoms with Crippen molar-refractivity contribution in [2.45, 2.75) is 12.1 Å². The van der Waals surface area contributed by atoms with Crippen LogP contribution in [0, 0.1) is 0 Å². The Morgan fingerprint density at radius 1 is 1.13 bits per heavy atom. The van der Waals surface area contributed by atoms with Gasteiger partial charge in [-0.1, -0.05) is 30.3 Å². The van der Waals surface area contributed by atoms with Crippen LogP contribution < -0.4 is 5.32 Å². The van der Waals surface area contributed by atoms with Crippen molar-refractivity contribution in [3.63, 3.8) is 0 Å². The number of anilines is 1. The molecule has 1 aliphatic heterocycles. The van der Waals surface area contributed by atoms with Crippen LogP contribution >= 0.6 is 0 Å². The minimum Gasteiger partial charge on any atom is -0.394 e. The number of aliphatic hydroxyl groups excluding tert-OH is 1. The molecular formula is C22H25N3O5. The van der Waals surface area contributed by atoms with Gasteiger partial charge < -0.3 is 25.0 Å². The number of hydrogen-bond donors (Lipinski definition) is 2. The quantitative estimate of drug-likeness (QED) is 0.746. The molecule has 0 bridgehead atoms. The maximum atomic E-state index is 12.3. The first kappa shape index (κ1) is 21.5. The monoisotopic (exact) mass is 411 g/mol. The predicted molar refractivity (Wildman–Crippen MR) is 111 cm³/mol. The Balaban J connectivity index is 1.73. The highest BCUT2D eigenvalue weighted by atomic mass is 16.5. The van der Waals surface area contributed by atoms with Gasteiger partial charge in [0.2, 0.25) is 11.8 Å². The second-order valence-corrected chi connectivity index (χ2v) is 7.23. The van der Waals surface area contributed by atoms with E-state index in [4.69, 9.17) is 4.74 Å². The molecule has 2 aromatic carbocycles. The number of benzene rings is 2. The number of carbonyl (C=O) groups excluding carboxylic acids is 3. The van der Waals surface area contributed by atoms with E-state index in [2.05, 4.69) is 5.32 Å². The number of nitrogens with zero attached hydrogens (tertiary/aromatic N) is 2. The fraction of sp³-hybridized carbons (Fsp3) is 0.318. The largest absolute Gasteiger partial charge is 0.394 e. The van der Waals surface area contributed by atoms with Crippen LogP contribution in [-0.2, 0) is 14.3 Å². The van der Waals surface area contributed by atoms with Gasteiger partial charge in [-0.2, -0.15) is 0 Å². The Kier molecular flexibility index (Phi) is 6.81. The summed E-state index contributed by atoms with van der Waals surface area (Å²) in [4.78, 5) is 39.4. The van der Waals surface area contributed by atoms with Crippen LogP contribution in [0.15, 0.2) is 54.6 Å². The highest BCUT2D eigenvalue weighted by molar-refractivity contribution is 6.04. The van der Waals surface area contributed by atoms with Crippen molar-refractivity contribution < 1.29 is 24.2 Å². The van der Waals surface area contributed by atoms with E-state index in [0.717, 1.165) is 5.56 Å². The molecule has 30 heavy (non-hydrogen) atoms. The fourth-order valence-corrected chi connectivity index (χ4v) is 3.26. The SMILES string of the molecule is CN(C)C(=O)CN1C(=O)COC(c2ccc(NC(=O)c3ccccc3)cc2)C1CO. The van der Waals surface area contributed by atoms with Gasteiger partial charge >= 0.3 is 0 Å². The normalized spacial score (nSPS) is 18.8. The summed E-state index contributed by atoms with van der Waals surface area (Å²) < 4.78 is 5.68. The Hall–Kier alpha value is -3.23. The molecule has 3 rings (SSSR count). The molecule has 1 heterocycles. The smallest absolute Gasteiger partial charge is 0.255 e. The number of likely N-dealkylation sites (N-methyl/N-ethyl adjacent to an activating group) is 1. The maximum Gasteiger partial charge on any atom is 0.255 e. The van der Waals surface area contributed by atoms with Gasteiger partial charge in [-0.15, -0.1) is 0 Å². The second-order valence-electron chi connectivity index (χ2n) is 7.23. The Morgan fingerprint density at radius 2 is 1.80 bits per heavy atom. The van der Waals surface area contributed by atoms with E-state index in [1.54, 1.807) is 62.6 Å². The van der Waals surface area contributed by atoms with Crippen molar-refractivity contribution in [2.75, 3.05) is 39.2 Å². The molecule has 0 spiro atoms. The molecule has 0 radical (unpaired) electrons. The minimum absolute atomic E-state index is 0.123. The van der Waals surface area contributed by atoms with E-state index in [1.165, 1.54) is 9.80 Å². The third-order valence-corrected chi connectivity index (χ3v) is 4.98. The van der Waals surface area contributed by atoms with Gasteiger partial charge in [-0.05, 0) is 29.8 Å². The van der Waals surface area contributed by atoms with Crippen molar-refractivity contribution in [1.82, 2.24) is 9.80 Å². The number of ether oxygens (including phenoxy) is 1. The number of amides is 3. The second kappa shape index (κ2) is 9.51. The standard InChI is InChI=1S/C22H25N3O5/c1-24(2)19(27)12-25-18(13-26)21(30-14-20(25)28)15-8-10-17(11-9-15)23-22(29)16-6-4-3-5-7-16/h3-11,18,21,26H,12-14H2,1-2H3,(H,23,29). The molecule has 1 aliphatic rings. The van der Waals surface area contributed by atoms with E-state index in [9.17, 15) is 19.5 Å². The van der Waals surface area contributed by atoms with Crippen LogP contribution in [0.2, 0.25) is 0 Å². The van der Waals surface area contributed by atoms with E-state index in [-0.39, 0.29) is 37.5 Å². The van der Waals surface area contributed by atoms with Crippen molar-refractivity contribution in [3.05, 3.63) is 65.7 Å². The fourth-order valence-electron chi connectivity index (χ4n) is 3.26. The Morgan fingerprint density at radius 3 is 2.40 bits per heavy atom. The van der Waals surface area contributed by atoms with Crippen molar-refractivity contribution >= 4 is 23.4 Å². The van der Waals surface area contributed by atoms with Gasteiger partial charge in [0.05, 0.1) is 12.6 Å². The number of aliphatic hydroxyl groups is 1.